The van der Waals surface area contributed by atoms with E-state index >= 15 is 0 Å². The summed E-state index contributed by atoms with van der Waals surface area (Å²) in [6, 6.07) is 6.84. The Bertz CT molecular complexity index is 514. The predicted molar refractivity (Wildman–Crippen MR) is 73.5 cm³/mol. The topological polar surface area (TPSA) is 66.8 Å². The Hall–Kier alpha value is -1.88. The van der Waals surface area contributed by atoms with Gasteiger partial charge < -0.3 is 14.7 Å². The molecule has 0 unspecified atom stereocenters. The van der Waals surface area contributed by atoms with Crippen LogP contribution in [0.25, 0.3) is 0 Å². The average molecular weight is 277 g/mol. The number of hydrogen-bond acceptors (Lipinski definition) is 3. The fraction of sp³-hybridized carbons (Fsp3) is 0.467. The molecule has 1 aromatic rings. The molecule has 5 nitrogen and oxygen atoms in total. The van der Waals surface area contributed by atoms with Crippen molar-refractivity contribution in [1.29, 1.82) is 0 Å². The van der Waals surface area contributed by atoms with Crippen LogP contribution in [0.5, 0.6) is 0 Å². The zero-order chi connectivity index (χ0) is 14.7. The Balaban J connectivity index is 2.18. The van der Waals surface area contributed by atoms with Gasteiger partial charge in [0, 0.05) is 6.54 Å². The SMILES string of the molecule is Cc1cccc([C@@H](C)C(=O)N2CCOC[C@H]2C(=O)O)c1. The second-order valence-corrected chi connectivity index (χ2v) is 5.10. The van der Waals surface area contributed by atoms with Gasteiger partial charge in [-0.2, -0.15) is 0 Å². The van der Waals surface area contributed by atoms with Crippen LogP contribution in [0.3, 0.4) is 0 Å². The highest BCUT2D eigenvalue weighted by atomic mass is 16.5. The average Bonchev–Trinajstić information content (AvgIpc) is 2.45. The number of ether oxygens (including phenoxy) is 1. The normalized spacial score (nSPS) is 20.5. The molecule has 0 saturated carbocycles. The van der Waals surface area contributed by atoms with Crippen LogP contribution in [0.4, 0.5) is 0 Å². The molecule has 1 saturated heterocycles. The largest absolute Gasteiger partial charge is 0.480 e. The van der Waals surface area contributed by atoms with Crippen LogP contribution in [0.15, 0.2) is 24.3 Å². The smallest absolute Gasteiger partial charge is 0.328 e. The van der Waals surface area contributed by atoms with E-state index in [1.54, 1.807) is 0 Å². The number of rotatable bonds is 3. The molecule has 2 atom stereocenters. The minimum atomic E-state index is -1.02. The lowest BCUT2D eigenvalue weighted by molar-refractivity contribution is -0.158. The van der Waals surface area contributed by atoms with Crippen molar-refractivity contribution >= 4 is 11.9 Å². The first-order valence-corrected chi connectivity index (χ1v) is 6.68. The number of aryl methyl sites for hydroxylation is 1. The van der Waals surface area contributed by atoms with E-state index in [-0.39, 0.29) is 18.4 Å². The van der Waals surface area contributed by atoms with Gasteiger partial charge in [-0.05, 0) is 19.4 Å². The monoisotopic (exact) mass is 277 g/mol. The zero-order valence-electron chi connectivity index (χ0n) is 11.7. The number of amides is 1. The van der Waals surface area contributed by atoms with E-state index in [4.69, 9.17) is 4.74 Å². The lowest BCUT2D eigenvalue weighted by Crippen LogP contribution is -2.53. The van der Waals surface area contributed by atoms with E-state index in [1.165, 1.54) is 4.90 Å². The van der Waals surface area contributed by atoms with E-state index < -0.39 is 12.0 Å². The fourth-order valence-electron chi connectivity index (χ4n) is 2.40. The lowest BCUT2D eigenvalue weighted by atomic mass is 9.97. The molecule has 0 spiro atoms. The third-order valence-corrected chi connectivity index (χ3v) is 3.61. The molecule has 5 heteroatoms. The third-order valence-electron chi connectivity index (χ3n) is 3.61. The van der Waals surface area contributed by atoms with Crippen molar-refractivity contribution in [3.8, 4) is 0 Å². The maximum atomic E-state index is 12.5. The summed E-state index contributed by atoms with van der Waals surface area (Å²) in [5, 5.41) is 9.18. The zero-order valence-corrected chi connectivity index (χ0v) is 11.7. The Morgan fingerprint density at radius 1 is 1.45 bits per heavy atom. The van der Waals surface area contributed by atoms with Crippen molar-refractivity contribution in [2.75, 3.05) is 19.8 Å². The predicted octanol–water partition coefficient (Wildman–Crippen LogP) is 1.41. The van der Waals surface area contributed by atoms with Gasteiger partial charge in [-0.1, -0.05) is 29.8 Å². The van der Waals surface area contributed by atoms with Crippen molar-refractivity contribution in [2.45, 2.75) is 25.8 Å². The molecule has 1 aliphatic heterocycles. The maximum Gasteiger partial charge on any atom is 0.328 e. The van der Waals surface area contributed by atoms with Gasteiger partial charge in [0.15, 0.2) is 6.04 Å². The molecular weight excluding hydrogens is 258 g/mol. The molecule has 1 amide bonds. The number of hydrogen-bond donors (Lipinski definition) is 1. The quantitative estimate of drug-likeness (QED) is 0.907. The first-order chi connectivity index (χ1) is 9.50. The molecule has 1 aliphatic rings. The van der Waals surface area contributed by atoms with E-state index in [1.807, 2.05) is 38.1 Å². The molecule has 1 heterocycles. The van der Waals surface area contributed by atoms with Gasteiger partial charge in [0.25, 0.3) is 0 Å². The standard InChI is InChI=1S/C15H19NO4/c1-10-4-3-5-12(8-10)11(2)14(17)16-6-7-20-9-13(16)15(18)19/h3-5,8,11,13H,6-7,9H2,1-2H3,(H,18,19)/t11-,13+/m1/s1. The number of nitrogens with zero attached hydrogens (tertiary/aromatic N) is 1. The summed E-state index contributed by atoms with van der Waals surface area (Å²) in [7, 11) is 0. The molecule has 0 radical (unpaired) electrons. The Labute approximate surface area is 118 Å². The lowest BCUT2D eigenvalue weighted by Gasteiger charge is -2.34. The Morgan fingerprint density at radius 2 is 2.20 bits per heavy atom. The van der Waals surface area contributed by atoms with Gasteiger partial charge in [-0.15, -0.1) is 0 Å². The van der Waals surface area contributed by atoms with Gasteiger partial charge in [0.05, 0.1) is 19.1 Å². The van der Waals surface area contributed by atoms with Crippen LogP contribution >= 0.6 is 0 Å². The molecule has 1 fully saturated rings. The highest BCUT2D eigenvalue weighted by Crippen LogP contribution is 2.21. The first kappa shape index (κ1) is 14.5. The summed E-state index contributed by atoms with van der Waals surface area (Å²) in [5.74, 6) is -1.53. The summed E-state index contributed by atoms with van der Waals surface area (Å²) < 4.78 is 5.15. The van der Waals surface area contributed by atoms with Gasteiger partial charge in [0.1, 0.15) is 0 Å². The van der Waals surface area contributed by atoms with E-state index in [9.17, 15) is 14.7 Å². The van der Waals surface area contributed by atoms with Crippen LogP contribution < -0.4 is 0 Å². The number of benzene rings is 1. The number of carboxylic acid groups (broad SMARTS) is 1. The molecule has 1 aromatic carbocycles. The number of carbonyl (C=O) groups excluding carboxylic acids is 1. The fourth-order valence-corrected chi connectivity index (χ4v) is 2.40. The molecular formula is C15H19NO4. The molecule has 0 aliphatic carbocycles. The summed E-state index contributed by atoms with van der Waals surface area (Å²) >= 11 is 0. The van der Waals surface area contributed by atoms with Crippen molar-refractivity contribution in [3.63, 3.8) is 0 Å². The first-order valence-electron chi connectivity index (χ1n) is 6.68. The molecule has 2 rings (SSSR count). The molecule has 0 aromatic heterocycles. The Morgan fingerprint density at radius 3 is 2.85 bits per heavy atom. The van der Waals surface area contributed by atoms with E-state index in [0.29, 0.717) is 13.2 Å². The van der Waals surface area contributed by atoms with Crippen LogP contribution in [0.1, 0.15) is 24.0 Å². The molecule has 1 N–H and O–H groups in total. The van der Waals surface area contributed by atoms with Gasteiger partial charge in [-0.25, -0.2) is 4.79 Å². The Kier molecular flexibility index (Phi) is 4.39. The van der Waals surface area contributed by atoms with Crippen molar-refractivity contribution in [3.05, 3.63) is 35.4 Å². The van der Waals surface area contributed by atoms with Crippen molar-refractivity contribution in [2.24, 2.45) is 0 Å². The van der Waals surface area contributed by atoms with Gasteiger partial charge >= 0.3 is 5.97 Å². The summed E-state index contributed by atoms with van der Waals surface area (Å²) in [6.45, 7) is 4.55. The third kappa shape index (κ3) is 2.99. The second-order valence-electron chi connectivity index (χ2n) is 5.10. The van der Waals surface area contributed by atoms with E-state index in [0.717, 1.165) is 11.1 Å². The second kappa shape index (κ2) is 6.05. The van der Waals surface area contributed by atoms with Crippen molar-refractivity contribution < 1.29 is 19.4 Å². The molecule has 0 bridgehead atoms. The summed E-state index contributed by atoms with van der Waals surface area (Å²) in [4.78, 5) is 25.2. The highest BCUT2D eigenvalue weighted by molar-refractivity contribution is 5.88. The van der Waals surface area contributed by atoms with Crippen LogP contribution in [-0.2, 0) is 14.3 Å². The number of carboxylic acids is 1. The summed E-state index contributed by atoms with van der Waals surface area (Å²) in [5.41, 5.74) is 1.99. The van der Waals surface area contributed by atoms with Crippen LogP contribution in [0, 0.1) is 6.92 Å². The molecule has 108 valence electrons. The van der Waals surface area contributed by atoms with E-state index in [2.05, 4.69) is 0 Å². The van der Waals surface area contributed by atoms with Gasteiger partial charge in [-0.3, -0.25) is 4.79 Å². The van der Waals surface area contributed by atoms with Crippen LogP contribution in [0.2, 0.25) is 0 Å². The molecule has 20 heavy (non-hydrogen) atoms. The number of morpholine rings is 1. The minimum Gasteiger partial charge on any atom is -0.480 e. The van der Waals surface area contributed by atoms with Gasteiger partial charge in [0.2, 0.25) is 5.91 Å². The van der Waals surface area contributed by atoms with Crippen LogP contribution in [-0.4, -0.2) is 47.7 Å². The van der Waals surface area contributed by atoms with Crippen molar-refractivity contribution in [1.82, 2.24) is 4.90 Å². The highest BCUT2D eigenvalue weighted by Gasteiger charge is 2.35. The number of carbonyl (C=O) groups is 2. The maximum absolute atomic E-state index is 12.5. The number of aliphatic carboxylic acids is 1. The minimum absolute atomic E-state index is 0.0572. The summed E-state index contributed by atoms with van der Waals surface area (Å²) in [6.07, 6.45) is 0.